The average Bonchev–Trinajstić information content (AvgIpc) is 3.39. The fraction of sp³-hybridized carbons (Fsp3) is 0.526. The number of hydrogen-bond acceptors (Lipinski definition) is 5. The lowest BCUT2D eigenvalue weighted by atomic mass is 10.2. The standard InChI is InChI=1S/C19H25N5/c1-3-15-11-18(23-19(22-15)14-6-8-20-9-7-14)21-16-10-13(2)24(12-16)17-4-5-17/h6-9,11,13,16-17H,3-5,10,12H2,1-2H3,(H,21,22,23). The van der Waals surface area contributed by atoms with Gasteiger partial charge in [0.05, 0.1) is 0 Å². The SMILES string of the molecule is CCc1cc(NC2CC(C)N(C3CC3)C2)nc(-c2ccncc2)n1. The smallest absolute Gasteiger partial charge is 0.161 e. The number of anilines is 1. The molecule has 3 heterocycles. The summed E-state index contributed by atoms with van der Waals surface area (Å²) in [5, 5.41) is 3.66. The van der Waals surface area contributed by atoms with Crippen molar-refractivity contribution in [3.05, 3.63) is 36.3 Å². The van der Waals surface area contributed by atoms with Crippen LogP contribution in [0.5, 0.6) is 0 Å². The molecule has 0 spiro atoms. The molecule has 1 aliphatic carbocycles. The van der Waals surface area contributed by atoms with Gasteiger partial charge in [-0.15, -0.1) is 0 Å². The molecule has 4 rings (SSSR count). The quantitative estimate of drug-likeness (QED) is 0.916. The Bertz CT molecular complexity index is 698. The highest BCUT2D eigenvalue weighted by molar-refractivity contribution is 5.57. The summed E-state index contributed by atoms with van der Waals surface area (Å²) in [5.41, 5.74) is 2.09. The van der Waals surface area contributed by atoms with Crippen molar-refractivity contribution in [1.29, 1.82) is 0 Å². The molecule has 0 bridgehead atoms. The van der Waals surface area contributed by atoms with E-state index in [-0.39, 0.29) is 0 Å². The number of hydrogen-bond donors (Lipinski definition) is 1. The van der Waals surface area contributed by atoms with Crippen molar-refractivity contribution in [3.63, 3.8) is 0 Å². The van der Waals surface area contributed by atoms with Crippen molar-refractivity contribution in [2.45, 2.75) is 57.7 Å². The van der Waals surface area contributed by atoms with Crippen LogP contribution in [0.25, 0.3) is 11.4 Å². The molecule has 0 radical (unpaired) electrons. The van der Waals surface area contributed by atoms with Gasteiger partial charge in [0, 0.05) is 54.4 Å². The van der Waals surface area contributed by atoms with Gasteiger partial charge in [0.15, 0.2) is 5.82 Å². The number of nitrogens with zero attached hydrogens (tertiary/aromatic N) is 4. The monoisotopic (exact) mass is 323 g/mol. The maximum absolute atomic E-state index is 4.76. The first-order valence-electron chi connectivity index (χ1n) is 9.03. The Morgan fingerprint density at radius 2 is 2.00 bits per heavy atom. The normalized spacial score (nSPS) is 24.2. The Labute approximate surface area is 143 Å². The highest BCUT2D eigenvalue weighted by atomic mass is 15.3. The fourth-order valence-electron chi connectivity index (χ4n) is 3.67. The third kappa shape index (κ3) is 3.26. The minimum atomic E-state index is 0.477. The molecule has 0 amide bonds. The first-order chi connectivity index (χ1) is 11.7. The molecular formula is C19H25N5. The number of likely N-dealkylation sites (tertiary alicyclic amines) is 1. The summed E-state index contributed by atoms with van der Waals surface area (Å²) in [5.74, 6) is 1.73. The average molecular weight is 323 g/mol. The van der Waals surface area contributed by atoms with Gasteiger partial charge in [0.25, 0.3) is 0 Å². The molecule has 24 heavy (non-hydrogen) atoms. The predicted octanol–water partition coefficient (Wildman–Crippen LogP) is 3.14. The maximum Gasteiger partial charge on any atom is 0.161 e. The molecule has 5 heteroatoms. The number of aromatic nitrogens is 3. The lowest BCUT2D eigenvalue weighted by Crippen LogP contribution is -2.31. The molecule has 1 N–H and O–H groups in total. The van der Waals surface area contributed by atoms with Crippen LogP contribution in [-0.2, 0) is 6.42 Å². The van der Waals surface area contributed by atoms with Gasteiger partial charge in [0.1, 0.15) is 5.82 Å². The summed E-state index contributed by atoms with van der Waals surface area (Å²) in [6.07, 6.45) is 8.41. The van der Waals surface area contributed by atoms with E-state index in [9.17, 15) is 0 Å². The van der Waals surface area contributed by atoms with Crippen LogP contribution in [0.4, 0.5) is 5.82 Å². The molecule has 1 aliphatic heterocycles. The number of rotatable bonds is 5. The third-order valence-corrected chi connectivity index (χ3v) is 5.07. The van der Waals surface area contributed by atoms with E-state index in [2.05, 4.69) is 40.1 Å². The molecule has 1 saturated carbocycles. The molecule has 2 atom stereocenters. The zero-order valence-electron chi connectivity index (χ0n) is 14.4. The van der Waals surface area contributed by atoms with E-state index in [1.54, 1.807) is 12.4 Å². The summed E-state index contributed by atoms with van der Waals surface area (Å²) in [6.45, 7) is 5.61. The molecule has 2 aliphatic rings. The fourth-order valence-corrected chi connectivity index (χ4v) is 3.67. The van der Waals surface area contributed by atoms with Crippen LogP contribution in [0.15, 0.2) is 30.6 Å². The second-order valence-corrected chi connectivity index (χ2v) is 7.01. The van der Waals surface area contributed by atoms with Gasteiger partial charge < -0.3 is 5.32 Å². The number of nitrogens with one attached hydrogen (secondary N) is 1. The molecule has 1 saturated heterocycles. The molecule has 2 unspecified atom stereocenters. The summed E-state index contributed by atoms with van der Waals surface area (Å²) >= 11 is 0. The Morgan fingerprint density at radius 1 is 1.21 bits per heavy atom. The Kier molecular flexibility index (Phi) is 4.19. The molecule has 2 aromatic heterocycles. The molecule has 2 fully saturated rings. The molecule has 0 aromatic carbocycles. The Hall–Kier alpha value is -2.01. The van der Waals surface area contributed by atoms with Crippen molar-refractivity contribution in [2.75, 3.05) is 11.9 Å². The molecule has 5 nitrogen and oxygen atoms in total. The van der Waals surface area contributed by atoms with Gasteiger partial charge in [0.2, 0.25) is 0 Å². The topological polar surface area (TPSA) is 53.9 Å². The second-order valence-electron chi connectivity index (χ2n) is 7.01. The van der Waals surface area contributed by atoms with E-state index in [0.717, 1.165) is 41.9 Å². The van der Waals surface area contributed by atoms with Crippen molar-refractivity contribution in [1.82, 2.24) is 19.9 Å². The lowest BCUT2D eigenvalue weighted by molar-refractivity contribution is 0.257. The van der Waals surface area contributed by atoms with Crippen LogP contribution < -0.4 is 5.32 Å². The summed E-state index contributed by atoms with van der Waals surface area (Å²) < 4.78 is 0. The van der Waals surface area contributed by atoms with Crippen LogP contribution in [0.3, 0.4) is 0 Å². The van der Waals surface area contributed by atoms with Gasteiger partial charge in [-0.05, 0) is 44.7 Å². The zero-order chi connectivity index (χ0) is 16.5. The van der Waals surface area contributed by atoms with Gasteiger partial charge in [-0.1, -0.05) is 6.92 Å². The first kappa shape index (κ1) is 15.5. The van der Waals surface area contributed by atoms with E-state index in [1.165, 1.54) is 19.3 Å². The van der Waals surface area contributed by atoms with E-state index in [0.29, 0.717) is 12.1 Å². The van der Waals surface area contributed by atoms with Crippen LogP contribution >= 0.6 is 0 Å². The highest BCUT2D eigenvalue weighted by Gasteiger charge is 2.38. The van der Waals surface area contributed by atoms with Crippen LogP contribution in [-0.4, -0.2) is 44.5 Å². The van der Waals surface area contributed by atoms with Gasteiger partial charge >= 0.3 is 0 Å². The summed E-state index contributed by atoms with van der Waals surface area (Å²) in [4.78, 5) is 16.2. The third-order valence-electron chi connectivity index (χ3n) is 5.07. The highest BCUT2D eigenvalue weighted by Crippen LogP contribution is 2.34. The number of pyridine rings is 1. The van der Waals surface area contributed by atoms with Crippen molar-refractivity contribution < 1.29 is 0 Å². The Balaban J connectivity index is 1.54. The van der Waals surface area contributed by atoms with E-state index < -0.39 is 0 Å². The molecule has 2 aromatic rings. The van der Waals surface area contributed by atoms with Crippen LogP contribution in [0.2, 0.25) is 0 Å². The van der Waals surface area contributed by atoms with Gasteiger partial charge in [-0.2, -0.15) is 0 Å². The lowest BCUT2D eigenvalue weighted by Gasteiger charge is -2.20. The first-order valence-corrected chi connectivity index (χ1v) is 9.03. The minimum Gasteiger partial charge on any atom is -0.366 e. The van der Waals surface area contributed by atoms with Gasteiger partial charge in [-0.3, -0.25) is 9.88 Å². The maximum atomic E-state index is 4.76. The van der Waals surface area contributed by atoms with Gasteiger partial charge in [-0.25, -0.2) is 9.97 Å². The molecular weight excluding hydrogens is 298 g/mol. The predicted molar refractivity (Wildman–Crippen MR) is 95.9 cm³/mol. The summed E-state index contributed by atoms with van der Waals surface area (Å²) in [7, 11) is 0. The summed E-state index contributed by atoms with van der Waals surface area (Å²) in [6, 6.07) is 7.99. The van der Waals surface area contributed by atoms with Crippen LogP contribution in [0, 0.1) is 0 Å². The Morgan fingerprint density at radius 3 is 2.71 bits per heavy atom. The zero-order valence-corrected chi connectivity index (χ0v) is 14.4. The van der Waals surface area contributed by atoms with E-state index >= 15 is 0 Å². The van der Waals surface area contributed by atoms with E-state index in [1.807, 2.05) is 12.1 Å². The minimum absolute atomic E-state index is 0.477. The van der Waals surface area contributed by atoms with Crippen molar-refractivity contribution >= 4 is 5.82 Å². The largest absolute Gasteiger partial charge is 0.366 e. The van der Waals surface area contributed by atoms with Crippen LogP contribution in [0.1, 0.15) is 38.8 Å². The number of aryl methyl sites for hydroxylation is 1. The molecule has 126 valence electrons. The van der Waals surface area contributed by atoms with Crippen molar-refractivity contribution in [3.8, 4) is 11.4 Å². The van der Waals surface area contributed by atoms with Crippen molar-refractivity contribution in [2.24, 2.45) is 0 Å². The van der Waals surface area contributed by atoms with E-state index in [4.69, 9.17) is 4.98 Å². The second kappa shape index (κ2) is 6.48.